The Morgan fingerprint density at radius 3 is 2.00 bits per heavy atom. The maximum absolute atomic E-state index is 14.3. The molecule has 0 saturated carbocycles. The summed E-state index contributed by atoms with van der Waals surface area (Å²) in [6, 6.07) is 3.19. The number of nitrogens with zero attached hydrogens (tertiary/aromatic N) is 2. The Morgan fingerprint density at radius 1 is 1.05 bits per heavy atom. The van der Waals surface area contributed by atoms with Gasteiger partial charge in [-0.3, -0.25) is 4.90 Å². The third kappa shape index (κ3) is 3.92. The van der Waals surface area contributed by atoms with Crippen LogP contribution < -0.4 is 10.6 Å². The molecule has 1 unspecified atom stereocenters. The van der Waals surface area contributed by atoms with Crippen LogP contribution in [0.1, 0.15) is 26.3 Å². The first-order valence-corrected chi connectivity index (χ1v) is 7.61. The van der Waals surface area contributed by atoms with E-state index in [4.69, 9.17) is 5.73 Å². The third-order valence-electron chi connectivity index (χ3n) is 4.00. The van der Waals surface area contributed by atoms with Crippen LogP contribution in [0.5, 0.6) is 0 Å². The van der Waals surface area contributed by atoms with E-state index in [1.807, 2.05) is 6.92 Å². The van der Waals surface area contributed by atoms with Gasteiger partial charge in [-0.05, 0) is 44.9 Å². The van der Waals surface area contributed by atoms with Gasteiger partial charge in [0.15, 0.2) is 0 Å². The highest BCUT2D eigenvalue weighted by Crippen LogP contribution is 2.26. The fourth-order valence-electron chi connectivity index (χ4n) is 2.87. The van der Waals surface area contributed by atoms with Crippen molar-refractivity contribution in [2.75, 3.05) is 31.1 Å². The summed E-state index contributed by atoms with van der Waals surface area (Å²) < 4.78 is 28.5. The lowest BCUT2D eigenvalue weighted by Crippen LogP contribution is -2.49. The number of hydrogen-bond donors (Lipinski definition) is 1. The zero-order chi connectivity index (χ0) is 15.6. The molecule has 1 aliphatic rings. The van der Waals surface area contributed by atoms with Gasteiger partial charge in [-0.2, -0.15) is 0 Å². The highest BCUT2D eigenvalue weighted by Gasteiger charge is 2.24. The number of halogens is 2. The van der Waals surface area contributed by atoms with E-state index in [9.17, 15) is 8.78 Å². The number of rotatable bonds is 4. The van der Waals surface area contributed by atoms with Crippen molar-refractivity contribution < 1.29 is 8.78 Å². The van der Waals surface area contributed by atoms with Crippen molar-refractivity contribution in [3.63, 3.8) is 0 Å². The molecule has 1 aliphatic heterocycles. The molecule has 1 fully saturated rings. The molecule has 0 radical (unpaired) electrons. The van der Waals surface area contributed by atoms with Crippen LogP contribution in [0, 0.1) is 11.6 Å². The van der Waals surface area contributed by atoms with Crippen LogP contribution in [0.4, 0.5) is 14.5 Å². The van der Waals surface area contributed by atoms with Crippen molar-refractivity contribution in [3.05, 3.63) is 29.3 Å². The Balaban J connectivity index is 2.14. The van der Waals surface area contributed by atoms with E-state index in [2.05, 4.69) is 18.7 Å². The molecule has 0 aromatic heterocycles. The SMILES string of the molecule is CC(N)Cc1cc(F)c(N2CCN(C(C)C)CC2)c(F)c1. The van der Waals surface area contributed by atoms with Crippen LogP contribution in [0.3, 0.4) is 0 Å². The molecule has 1 atom stereocenters. The Morgan fingerprint density at radius 2 is 1.57 bits per heavy atom. The molecule has 21 heavy (non-hydrogen) atoms. The summed E-state index contributed by atoms with van der Waals surface area (Å²) in [4.78, 5) is 4.12. The Bertz CT molecular complexity index is 457. The molecule has 2 rings (SSSR count). The predicted molar refractivity (Wildman–Crippen MR) is 82.6 cm³/mol. The molecule has 2 N–H and O–H groups in total. The van der Waals surface area contributed by atoms with Crippen LogP contribution in [0.2, 0.25) is 0 Å². The Hall–Kier alpha value is -1.20. The van der Waals surface area contributed by atoms with Gasteiger partial charge in [-0.1, -0.05) is 0 Å². The van der Waals surface area contributed by atoms with E-state index in [-0.39, 0.29) is 11.7 Å². The lowest BCUT2D eigenvalue weighted by molar-refractivity contribution is 0.208. The highest BCUT2D eigenvalue weighted by molar-refractivity contribution is 5.51. The molecule has 0 aliphatic carbocycles. The van der Waals surface area contributed by atoms with Gasteiger partial charge in [0.1, 0.15) is 17.3 Å². The van der Waals surface area contributed by atoms with E-state index in [1.165, 1.54) is 12.1 Å². The van der Waals surface area contributed by atoms with E-state index in [0.29, 0.717) is 31.1 Å². The van der Waals surface area contributed by atoms with E-state index >= 15 is 0 Å². The summed E-state index contributed by atoms with van der Waals surface area (Å²) in [5.74, 6) is -0.965. The molecule has 1 heterocycles. The van der Waals surface area contributed by atoms with Crippen LogP contribution in [-0.4, -0.2) is 43.2 Å². The number of hydrogen-bond acceptors (Lipinski definition) is 3. The molecule has 0 spiro atoms. The average molecular weight is 297 g/mol. The van der Waals surface area contributed by atoms with Gasteiger partial charge in [0.25, 0.3) is 0 Å². The number of nitrogens with two attached hydrogens (primary N) is 1. The first-order valence-electron chi connectivity index (χ1n) is 7.61. The minimum absolute atomic E-state index is 0.104. The van der Waals surface area contributed by atoms with Gasteiger partial charge in [-0.15, -0.1) is 0 Å². The topological polar surface area (TPSA) is 32.5 Å². The van der Waals surface area contributed by atoms with Crippen LogP contribution >= 0.6 is 0 Å². The molecule has 3 nitrogen and oxygen atoms in total. The maximum atomic E-state index is 14.3. The van der Waals surface area contributed by atoms with Crippen LogP contribution in [-0.2, 0) is 6.42 Å². The zero-order valence-corrected chi connectivity index (χ0v) is 13.1. The molecule has 1 aromatic rings. The first kappa shape index (κ1) is 16.2. The highest BCUT2D eigenvalue weighted by atomic mass is 19.1. The molecule has 0 bridgehead atoms. The largest absolute Gasteiger partial charge is 0.364 e. The normalized spacial score (nSPS) is 18.3. The number of benzene rings is 1. The first-order chi connectivity index (χ1) is 9.88. The quantitative estimate of drug-likeness (QED) is 0.926. The second-order valence-corrected chi connectivity index (χ2v) is 6.21. The van der Waals surface area contributed by atoms with Crippen molar-refractivity contribution in [2.45, 2.75) is 39.3 Å². The second-order valence-electron chi connectivity index (χ2n) is 6.21. The minimum atomic E-state index is -0.483. The molecule has 0 amide bonds. The van der Waals surface area contributed by atoms with Crippen LogP contribution in [0.25, 0.3) is 0 Å². The fourth-order valence-corrected chi connectivity index (χ4v) is 2.87. The lowest BCUT2D eigenvalue weighted by Gasteiger charge is -2.38. The molecule has 5 heteroatoms. The van der Waals surface area contributed by atoms with Gasteiger partial charge < -0.3 is 10.6 Å². The number of piperazine rings is 1. The maximum Gasteiger partial charge on any atom is 0.149 e. The van der Waals surface area contributed by atoms with Crippen molar-refractivity contribution >= 4 is 5.69 Å². The fraction of sp³-hybridized carbons (Fsp3) is 0.625. The summed E-state index contributed by atoms with van der Waals surface area (Å²) in [6.45, 7) is 9.07. The summed E-state index contributed by atoms with van der Waals surface area (Å²) in [5.41, 5.74) is 6.41. The molecule has 1 aromatic carbocycles. The van der Waals surface area contributed by atoms with Gasteiger partial charge >= 0.3 is 0 Å². The van der Waals surface area contributed by atoms with E-state index in [1.54, 1.807) is 4.90 Å². The van der Waals surface area contributed by atoms with Crippen molar-refractivity contribution in [3.8, 4) is 0 Å². The molecule has 1 saturated heterocycles. The van der Waals surface area contributed by atoms with Gasteiger partial charge in [0, 0.05) is 38.3 Å². The van der Waals surface area contributed by atoms with E-state index in [0.717, 1.165) is 13.1 Å². The van der Waals surface area contributed by atoms with Crippen molar-refractivity contribution in [1.29, 1.82) is 0 Å². The molecular formula is C16H25F2N3. The summed E-state index contributed by atoms with van der Waals surface area (Å²) >= 11 is 0. The van der Waals surface area contributed by atoms with Crippen molar-refractivity contribution in [2.24, 2.45) is 5.73 Å². The predicted octanol–water partition coefficient (Wildman–Crippen LogP) is 2.38. The molecule has 118 valence electrons. The Labute approximate surface area is 125 Å². The average Bonchev–Trinajstić information content (AvgIpc) is 2.37. The second kappa shape index (κ2) is 6.71. The van der Waals surface area contributed by atoms with Crippen LogP contribution in [0.15, 0.2) is 12.1 Å². The lowest BCUT2D eigenvalue weighted by atomic mass is 10.1. The summed E-state index contributed by atoms with van der Waals surface area (Å²) in [7, 11) is 0. The number of anilines is 1. The zero-order valence-electron chi connectivity index (χ0n) is 13.1. The minimum Gasteiger partial charge on any atom is -0.364 e. The third-order valence-corrected chi connectivity index (χ3v) is 4.00. The summed E-state index contributed by atoms with van der Waals surface area (Å²) in [5, 5.41) is 0. The van der Waals surface area contributed by atoms with E-state index < -0.39 is 11.6 Å². The van der Waals surface area contributed by atoms with Crippen molar-refractivity contribution in [1.82, 2.24) is 4.90 Å². The van der Waals surface area contributed by atoms with Gasteiger partial charge in [0.2, 0.25) is 0 Å². The standard InChI is InChI=1S/C16H25F2N3/c1-11(2)20-4-6-21(7-5-20)16-14(17)9-13(8-12(3)19)10-15(16)18/h9-12H,4-8,19H2,1-3H3. The Kier molecular flexibility index (Phi) is 5.17. The van der Waals surface area contributed by atoms with Gasteiger partial charge in [0.05, 0.1) is 0 Å². The summed E-state index contributed by atoms with van der Waals surface area (Å²) in [6.07, 6.45) is 0.481. The monoisotopic (exact) mass is 297 g/mol. The van der Waals surface area contributed by atoms with Gasteiger partial charge in [-0.25, -0.2) is 8.78 Å². The molecular weight excluding hydrogens is 272 g/mol. The smallest absolute Gasteiger partial charge is 0.149 e.